The molecule has 220 valence electrons. The molecule has 1 saturated heterocycles. The second-order valence-corrected chi connectivity index (χ2v) is 11.8. The summed E-state index contributed by atoms with van der Waals surface area (Å²) in [6.45, 7) is 8.35. The SMILES string of the molecule is CC(C)(C)c1ccc(Cn2cnc3c2CN(C(=O)c2cccc([N+](=O)[O-])c2)C(C(=O)N2CCN(C(N)=O)CC2)C3)cc1. The molecule has 2 aliphatic heterocycles. The minimum absolute atomic E-state index is 0.0358. The molecule has 1 atom stereocenters. The molecule has 0 bridgehead atoms. The molecular formula is C30H35N7O5. The van der Waals surface area contributed by atoms with Gasteiger partial charge >= 0.3 is 6.03 Å². The van der Waals surface area contributed by atoms with Crippen LogP contribution in [0.3, 0.4) is 0 Å². The summed E-state index contributed by atoms with van der Waals surface area (Å²) in [5.41, 5.74) is 9.22. The predicted octanol–water partition coefficient (Wildman–Crippen LogP) is 2.93. The fourth-order valence-corrected chi connectivity index (χ4v) is 5.52. The fourth-order valence-electron chi connectivity index (χ4n) is 5.52. The zero-order valence-electron chi connectivity index (χ0n) is 24.0. The molecule has 3 heterocycles. The van der Waals surface area contributed by atoms with E-state index in [4.69, 9.17) is 5.73 Å². The number of nitro groups is 1. The van der Waals surface area contributed by atoms with Gasteiger partial charge in [0.2, 0.25) is 5.91 Å². The highest BCUT2D eigenvalue weighted by molar-refractivity contribution is 5.98. The average molecular weight is 574 g/mol. The molecule has 4 amide bonds. The van der Waals surface area contributed by atoms with E-state index in [9.17, 15) is 24.5 Å². The molecule has 42 heavy (non-hydrogen) atoms. The van der Waals surface area contributed by atoms with Crippen molar-refractivity contribution in [2.75, 3.05) is 26.2 Å². The number of benzene rings is 2. The van der Waals surface area contributed by atoms with Crippen LogP contribution in [0, 0.1) is 10.1 Å². The topological polar surface area (TPSA) is 148 Å². The van der Waals surface area contributed by atoms with Crippen LogP contribution < -0.4 is 5.73 Å². The maximum Gasteiger partial charge on any atom is 0.314 e. The largest absolute Gasteiger partial charge is 0.351 e. The molecule has 2 aromatic carbocycles. The van der Waals surface area contributed by atoms with Crippen LogP contribution in [0.1, 0.15) is 53.6 Å². The van der Waals surface area contributed by atoms with Crippen molar-refractivity contribution in [2.45, 2.75) is 51.7 Å². The molecule has 12 heteroatoms. The highest BCUT2D eigenvalue weighted by Gasteiger charge is 2.40. The second kappa shape index (κ2) is 11.3. The van der Waals surface area contributed by atoms with E-state index in [0.717, 1.165) is 17.0 Å². The molecular weight excluding hydrogens is 538 g/mol. The minimum atomic E-state index is -0.848. The number of nitrogens with zero attached hydrogens (tertiary/aromatic N) is 6. The van der Waals surface area contributed by atoms with E-state index in [-0.39, 0.29) is 35.5 Å². The summed E-state index contributed by atoms with van der Waals surface area (Å²) in [4.78, 5) is 59.4. The van der Waals surface area contributed by atoms with Gasteiger partial charge in [-0.2, -0.15) is 0 Å². The van der Waals surface area contributed by atoms with Crippen LogP contribution in [0.4, 0.5) is 10.5 Å². The summed E-state index contributed by atoms with van der Waals surface area (Å²) in [5.74, 6) is -0.725. The first-order valence-corrected chi connectivity index (χ1v) is 13.9. The Balaban J connectivity index is 1.44. The van der Waals surface area contributed by atoms with Gasteiger partial charge in [0.15, 0.2) is 0 Å². The Morgan fingerprint density at radius 3 is 2.31 bits per heavy atom. The van der Waals surface area contributed by atoms with Crippen LogP contribution in [-0.2, 0) is 29.7 Å². The number of piperazine rings is 1. The third kappa shape index (κ3) is 5.83. The van der Waals surface area contributed by atoms with Gasteiger partial charge in [-0.05, 0) is 22.6 Å². The quantitative estimate of drug-likeness (QED) is 0.367. The van der Waals surface area contributed by atoms with E-state index in [2.05, 4.69) is 50.0 Å². The third-order valence-electron chi connectivity index (χ3n) is 8.04. The number of fused-ring (bicyclic) bond motifs is 1. The average Bonchev–Trinajstić information content (AvgIpc) is 3.37. The fraction of sp³-hybridized carbons (Fsp3) is 0.400. The summed E-state index contributed by atoms with van der Waals surface area (Å²) in [5, 5.41) is 11.4. The lowest BCUT2D eigenvalue weighted by molar-refractivity contribution is -0.384. The number of nitro benzene ring substituents is 1. The van der Waals surface area contributed by atoms with Gasteiger partial charge in [-0.1, -0.05) is 51.1 Å². The maximum atomic E-state index is 13.9. The zero-order chi connectivity index (χ0) is 30.2. The van der Waals surface area contributed by atoms with E-state index in [1.165, 1.54) is 39.6 Å². The van der Waals surface area contributed by atoms with Crippen LogP contribution in [0.2, 0.25) is 0 Å². The molecule has 1 aromatic heterocycles. The van der Waals surface area contributed by atoms with Crippen LogP contribution in [0.15, 0.2) is 54.9 Å². The number of hydrogen-bond donors (Lipinski definition) is 1. The Kier molecular flexibility index (Phi) is 7.72. The maximum absolute atomic E-state index is 13.9. The molecule has 5 rings (SSSR count). The number of carbonyl (C=O) groups excluding carboxylic acids is 3. The number of non-ortho nitro benzene ring substituents is 1. The van der Waals surface area contributed by atoms with E-state index >= 15 is 0 Å². The predicted molar refractivity (Wildman–Crippen MR) is 155 cm³/mol. The smallest absolute Gasteiger partial charge is 0.314 e. The van der Waals surface area contributed by atoms with Gasteiger partial charge in [0.25, 0.3) is 11.6 Å². The molecule has 0 aliphatic carbocycles. The number of urea groups is 1. The number of primary amides is 1. The number of amides is 4. The number of rotatable bonds is 5. The Hall–Kier alpha value is -4.74. The van der Waals surface area contributed by atoms with Gasteiger partial charge in [0.1, 0.15) is 6.04 Å². The van der Waals surface area contributed by atoms with Crippen molar-refractivity contribution in [1.82, 2.24) is 24.3 Å². The zero-order valence-corrected chi connectivity index (χ0v) is 24.0. The number of nitrogens with two attached hydrogens (primary N) is 1. The van der Waals surface area contributed by atoms with Crippen LogP contribution in [-0.4, -0.2) is 79.2 Å². The molecule has 2 aliphatic rings. The van der Waals surface area contributed by atoms with Gasteiger partial charge in [0.05, 0.1) is 29.2 Å². The monoisotopic (exact) mass is 573 g/mol. The molecule has 2 N–H and O–H groups in total. The highest BCUT2D eigenvalue weighted by atomic mass is 16.6. The lowest BCUT2D eigenvalue weighted by Crippen LogP contribution is -2.58. The Labute approximate surface area is 243 Å². The highest BCUT2D eigenvalue weighted by Crippen LogP contribution is 2.28. The lowest BCUT2D eigenvalue weighted by atomic mass is 9.87. The van der Waals surface area contributed by atoms with Crippen molar-refractivity contribution in [3.8, 4) is 0 Å². The number of carbonyl (C=O) groups is 3. The molecule has 1 unspecified atom stereocenters. The van der Waals surface area contributed by atoms with Crippen molar-refractivity contribution in [1.29, 1.82) is 0 Å². The van der Waals surface area contributed by atoms with Crippen molar-refractivity contribution < 1.29 is 19.3 Å². The summed E-state index contributed by atoms with van der Waals surface area (Å²) >= 11 is 0. The molecule has 12 nitrogen and oxygen atoms in total. The Morgan fingerprint density at radius 1 is 1.02 bits per heavy atom. The Bertz CT molecular complexity index is 1520. The second-order valence-electron chi connectivity index (χ2n) is 11.8. The van der Waals surface area contributed by atoms with Gasteiger partial charge in [-0.15, -0.1) is 0 Å². The van der Waals surface area contributed by atoms with Gasteiger partial charge in [0, 0.05) is 56.8 Å². The van der Waals surface area contributed by atoms with E-state index in [1.807, 2.05) is 4.57 Å². The van der Waals surface area contributed by atoms with Gasteiger partial charge < -0.3 is 25.0 Å². The first kappa shape index (κ1) is 28.8. The number of hydrogen-bond acceptors (Lipinski definition) is 6. The van der Waals surface area contributed by atoms with Gasteiger partial charge in [-0.25, -0.2) is 9.78 Å². The van der Waals surface area contributed by atoms with Crippen molar-refractivity contribution in [2.24, 2.45) is 5.73 Å². The van der Waals surface area contributed by atoms with Crippen LogP contribution in [0.5, 0.6) is 0 Å². The van der Waals surface area contributed by atoms with E-state index < -0.39 is 22.9 Å². The standard InChI is InChI=1S/C30H35N7O5/c1-30(2,3)22-9-7-20(8-10-22)17-35-19-32-24-16-25(28(39)33-11-13-34(14-12-33)29(31)40)36(18-26(24)35)27(38)21-5-4-6-23(15-21)37(41)42/h4-10,15,19,25H,11-14,16-18H2,1-3H3,(H2,31,40). The summed E-state index contributed by atoms with van der Waals surface area (Å²) < 4.78 is 1.99. The first-order chi connectivity index (χ1) is 19.9. The molecule has 3 aromatic rings. The summed E-state index contributed by atoms with van der Waals surface area (Å²) in [6.07, 6.45) is 1.94. The normalized spacial score (nSPS) is 17.1. The molecule has 0 radical (unpaired) electrons. The number of imidazole rings is 1. The van der Waals surface area contributed by atoms with Crippen LogP contribution >= 0.6 is 0 Å². The van der Waals surface area contributed by atoms with E-state index in [1.54, 1.807) is 11.2 Å². The lowest BCUT2D eigenvalue weighted by Gasteiger charge is -2.40. The number of aromatic nitrogens is 2. The Morgan fingerprint density at radius 2 is 1.69 bits per heavy atom. The van der Waals surface area contributed by atoms with Crippen molar-refractivity contribution >= 4 is 23.5 Å². The van der Waals surface area contributed by atoms with Crippen LogP contribution in [0.25, 0.3) is 0 Å². The molecule has 0 spiro atoms. The van der Waals surface area contributed by atoms with Crippen molar-refractivity contribution in [3.05, 3.63) is 93.1 Å². The van der Waals surface area contributed by atoms with E-state index in [0.29, 0.717) is 32.7 Å². The molecule has 0 saturated carbocycles. The van der Waals surface area contributed by atoms with Crippen molar-refractivity contribution in [3.63, 3.8) is 0 Å². The molecule has 1 fully saturated rings. The third-order valence-corrected chi connectivity index (χ3v) is 8.04. The first-order valence-electron chi connectivity index (χ1n) is 13.9. The summed E-state index contributed by atoms with van der Waals surface area (Å²) in [7, 11) is 0. The van der Waals surface area contributed by atoms with Gasteiger partial charge in [-0.3, -0.25) is 19.7 Å². The minimum Gasteiger partial charge on any atom is -0.351 e. The summed E-state index contributed by atoms with van der Waals surface area (Å²) in [6, 6.07) is 12.6.